The van der Waals surface area contributed by atoms with E-state index in [0.29, 0.717) is 6.71 Å². The highest BCUT2D eigenvalue weighted by molar-refractivity contribution is 6.70. The minimum Gasteiger partial charge on any atom is -0.299 e. The van der Waals surface area contributed by atoms with Crippen LogP contribution in [0.2, 0.25) is 13.6 Å². The van der Waals surface area contributed by atoms with Crippen LogP contribution in [0.4, 0.5) is 0 Å². The number of likely N-dealkylation sites (tertiary alicyclic amines) is 1. The zero-order valence-electron chi connectivity index (χ0n) is 10.6. The first-order valence-electron chi connectivity index (χ1n) is 6.57. The van der Waals surface area contributed by atoms with E-state index in [1.54, 1.807) is 0 Å². The van der Waals surface area contributed by atoms with E-state index < -0.39 is 0 Å². The SMILES string of the molecule is CB(C)c1ccc(CN2CCCCC2)cc1. The molecule has 2 rings (SSSR count). The molecule has 0 radical (unpaired) electrons. The molecular weight excluding hydrogens is 193 g/mol. The van der Waals surface area contributed by atoms with Crippen LogP contribution in [0.1, 0.15) is 24.8 Å². The molecule has 0 amide bonds. The second-order valence-corrected chi connectivity index (χ2v) is 5.23. The normalized spacial score (nSPS) is 17.4. The highest BCUT2D eigenvalue weighted by Crippen LogP contribution is 2.12. The van der Waals surface area contributed by atoms with Crippen molar-refractivity contribution in [2.24, 2.45) is 0 Å². The molecular formula is C14H22BN. The van der Waals surface area contributed by atoms with Gasteiger partial charge in [-0.2, -0.15) is 0 Å². The Hall–Kier alpha value is -0.755. The predicted molar refractivity (Wildman–Crippen MR) is 72.7 cm³/mol. The number of nitrogens with zero attached hydrogens (tertiary/aromatic N) is 1. The molecule has 0 aromatic heterocycles. The molecule has 16 heavy (non-hydrogen) atoms. The van der Waals surface area contributed by atoms with E-state index in [4.69, 9.17) is 0 Å². The Morgan fingerprint density at radius 3 is 2.19 bits per heavy atom. The molecule has 0 saturated carbocycles. The molecule has 1 nitrogen and oxygen atoms in total. The maximum absolute atomic E-state index is 2.58. The largest absolute Gasteiger partial charge is 0.299 e. The van der Waals surface area contributed by atoms with Crippen molar-refractivity contribution in [3.63, 3.8) is 0 Å². The Morgan fingerprint density at radius 1 is 1.00 bits per heavy atom. The quantitative estimate of drug-likeness (QED) is 0.700. The minimum absolute atomic E-state index is 0.643. The van der Waals surface area contributed by atoms with Crippen molar-refractivity contribution in [2.75, 3.05) is 13.1 Å². The second kappa shape index (κ2) is 5.54. The van der Waals surface area contributed by atoms with Gasteiger partial charge in [-0.15, -0.1) is 0 Å². The molecule has 1 aromatic carbocycles. The molecule has 1 saturated heterocycles. The maximum atomic E-state index is 2.58. The molecule has 1 heterocycles. The third-order valence-electron chi connectivity index (χ3n) is 3.50. The molecule has 0 unspecified atom stereocenters. The van der Waals surface area contributed by atoms with Crippen LogP contribution < -0.4 is 5.46 Å². The average molecular weight is 215 g/mol. The molecule has 0 spiro atoms. The van der Waals surface area contributed by atoms with Gasteiger partial charge in [0.25, 0.3) is 0 Å². The summed E-state index contributed by atoms with van der Waals surface area (Å²) in [5.41, 5.74) is 2.91. The molecule has 0 aliphatic carbocycles. The Morgan fingerprint density at radius 2 is 1.62 bits per heavy atom. The van der Waals surface area contributed by atoms with Crippen molar-refractivity contribution >= 4 is 12.2 Å². The van der Waals surface area contributed by atoms with E-state index in [1.807, 2.05) is 0 Å². The lowest BCUT2D eigenvalue weighted by Gasteiger charge is -2.26. The third-order valence-corrected chi connectivity index (χ3v) is 3.50. The van der Waals surface area contributed by atoms with Gasteiger partial charge in [0.1, 0.15) is 0 Å². The van der Waals surface area contributed by atoms with Crippen LogP contribution >= 0.6 is 0 Å². The molecule has 86 valence electrons. The van der Waals surface area contributed by atoms with E-state index in [-0.39, 0.29) is 0 Å². The summed E-state index contributed by atoms with van der Waals surface area (Å²) in [5.74, 6) is 0. The molecule has 2 heteroatoms. The van der Waals surface area contributed by atoms with Gasteiger partial charge in [0, 0.05) is 6.54 Å². The lowest BCUT2D eigenvalue weighted by atomic mass is 9.49. The van der Waals surface area contributed by atoms with Gasteiger partial charge in [0.15, 0.2) is 6.71 Å². The van der Waals surface area contributed by atoms with E-state index in [2.05, 4.69) is 42.8 Å². The average Bonchev–Trinajstić information content (AvgIpc) is 2.31. The molecule has 1 aliphatic heterocycles. The first kappa shape index (κ1) is 11.7. The van der Waals surface area contributed by atoms with Crippen LogP contribution in [0, 0.1) is 0 Å². The van der Waals surface area contributed by atoms with Gasteiger partial charge >= 0.3 is 0 Å². The molecule has 1 aromatic rings. The zero-order chi connectivity index (χ0) is 11.4. The van der Waals surface area contributed by atoms with Gasteiger partial charge in [-0.25, -0.2) is 0 Å². The number of piperidine rings is 1. The van der Waals surface area contributed by atoms with Gasteiger partial charge in [-0.1, -0.05) is 49.8 Å². The summed E-state index contributed by atoms with van der Waals surface area (Å²) in [7, 11) is 0. The Bertz CT molecular complexity index is 312. The standard InChI is InChI=1S/C14H22BN/c1-15(2)14-8-6-13(7-9-14)12-16-10-4-3-5-11-16/h6-9H,3-5,10-12H2,1-2H3. The van der Waals surface area contributed by atoms with Gasteiger partial charge in [-0.3, -0.25) is 4.90 Å². The summed E-state index contributed by atoms with van der Waals surface area (Å²) in [6.07, 6.45) is 4.18. The smallest absolute Gasteiger partial charge is 0.169 e. The molecule has 0 atom stereocenters. The van der Waals surface area contributed by atoms with Crippen molar-refractivity contribution in [3.8, 4) is 0 Å². The number of hydrogen-bond donors (Lipinski definition) is 0. The van der Waals surface area contributed by atoms with Crippen LogP contribution in [-0.2, 0) is 6.54 Å². The van der Waals surface area contributed by atoms with Crippen LogP contribution in [0.3, 0.4) is 0 Å². The third kappa shape index (κ3) is 3.12. The van der Waals surface area contributed by atoms with Crippen LogP contribution in [0.25, 0.3) is 0 Å². The summed E-state index contributed by atoms with van der Waals surface area (Å²) in [6.45, 7) is 8.85. The maximum Gasteiger partial charge on any atom is 0.169 e. The lowest BCUT2D eigenvalue weighted by molar-refractivity contribution is 0.221. The van der Waals surface area contributed by atoms with Crippen LogP contribution in [0.15, 0.2) is 24.3 Å². The highest BCUT2D eigenvalue weighted by Gasteiger charge is 2.10. The number of rotatable bonds is 3. The molecule has 0 N–H and O–H groups in total. The van der Waals surface area contributed by atoms with Gasteiger partial charge in [-0.05, 0) is 31.5 Å². The fourth-order valence-corrected chi connectivity index (χ4v) is 2.38. The molecule has 1 aliphatic rings. The van der Waals surface area contributed by atoms with Crippen molar-refractivity contribution in [3.05, 3.63) is 29.8 Å². The van der Waals surface area contributed by atoms with Crippen LogP contribution in [0.5, 0.6) is 0 Å². The Kier molecular flexibility index (Phi) is 4.06. The van der Waals surface area contributed by atoms with Gasteiger partial charge in [0.2, 0.25) is 0 Å². The number of benzene rings is 1. The van der Waals surface area contributed by atoms with E-state index in [1.165, 1.54) is 43.4 Å². The van der Waals surface area contributed by atoms with Gasteiger partial charge < -0.3 is 0 Å². The fraction of sp³-hybridized carbons (Fsp3) is 0.571. The fourth-order valence-electron chi connectivity index (χ4n) is 2.38. The summed E-state index contributed by atoms with van der Waals surface area (Å²) in [5, 5.41) is 0. The second-order valence-electron chi connectivity index (χ2n) is 5.23. The summed E-state index contributed by atoms with van der Waals surface area (Å²) in [4.78, 5) is 2.58. The predicted octanol–water partition coefficient (Wildman–Crippen LogP) is 2.63. The molecule has 1 fully saturated rings. The van der Waals surface area contributed by atoms with E-state index >= 15 is 0 Å². The van der Waals surface area contributed by atoms with Crippen molar-refractivity contribution < 1.29 is 0 Å². The molecule has 0 bridgehead atoms. The first-order valence-corrected chi connectivity index (χ1v) is 6.57. The Balaban J connectivity index is 1.93. The first-order chi connectivity index (χ1) is 7.75. The summed E-state index contributed by atoms with van der Waals surface area (Å²) >= 11 is 0. The monoisotopic (exact) mass is 215 g/mol. The van der Waals surface area contributed by atoms with Crippen LogP contribution in [-0.4, -0.2) is 24.7 Å². The Labute approximate surface area is 99.9 Å². The van der Waals surface area contributed by atoms with E-state index in [9.17, 15) is 0 Å². The van der Waals surface area contributed by atoms with Crippen molar-refractivity contribution in [1.82, 2.24) is 4.90 Å². The topological polar surface area (TPSA) is 3.24 Å². The van der Waals surface area contributed by atoms with Gasteiger partial charge in [0.05, 0.1) is 0 Å². The van der Waals surface area contributed by atoms with Crippen molar-refractivity contribution in [1.29, 1.82) is 0 Å². The highest BCUT2D eigenvalue weighted by atomic mass is 15.1. The lowest BCUT2D eigenvalue weighted by Crippen LogP contribution is -2.29. The summed E-state index contributed by atoms with van der Waals surface area (Å²) < 4.78 is 0. The van der Waals surface area contributed by atoms with E-state index in [0.717, 1.165) is 6.54 Å². The van der Waals surface area contributed by atoms with Crippen molar-refractivity contribution in [2.45, 2.75) is 39.5 Å². The summed E-state index contributed by atoms with van der Waals surface area (Å²) in [6, 6.07) is 9.15. The number of hydrogen-bond acceptors (Lipinski definition) is 1. The zero-order valence-corrected chi connectivity index (χ0v) is 10.6. The minimum atomic E-state index is 0.643.